The maximum absolute atomic E-state index is 13.3. The fraction of sp³-hybridized carbons (Fsp3) is 0.455. The molecule has 0 saturated carbocycles. The van der Waals surface area contributed by atoms with Crippen LogP contribution in [0.15, 0.2) is 24.3 Å². The van der Waals surface area contributed by atoms with Crippen LogP contribution in [0.5, 0.6) is 0 Å². The molecule has 0 spiro atoms. The minimum absolute atomic E-state index is 0.0791. The second kappa shape index (κ2) is 3.88. The van der Waals surface area contributed by atoms with Gasteiger partial charge in [0, 0.05) is 19.0 Å². The first kappa shape index (κ1) is 8.70. The third kappa shape index (κ3) is 1.89. The number of hydrogen-bond acceptors (Lipinski definition) is 0. The second-order valence-corrected chi connectivity index (χ2v) is 3.49. The lowest BCUT2D eigenvalue weighted by Crippen LogP contribution is -2.23. The van der Waals surface area contributed by atoms with Crippen molar-refractivity contribution in [2.45, 2.75) is 18.8 Å². The van der Waals surface area contributed by atoms with E-state index >= 15 is 0 Å². The van der Waals surface area contributed by atoms with Crippen LogP contribution in [0.1, 0.15) is 24.3 Å². The highest BCUT2D eigenvalue weighted by molar-refractivity contribution is 5.22. The Morgan fingerprint density at radius 3 is 2.85 bits per heavy atom. The van der Waals surface area contributed by atoms with Gasteiger partial charge in [-0.15, -0.1) is 0 Å². The van der Waals surface area contributed by atoms with E-state index in [-0.39, 0.29) is 5.82 Å². The van der Waals surface area contributed by atoms with Crippen LogP contribution in [0, 0.1) is 5.82 Å². The smallest absolute Gasteiger partial charge is 0.126 e. The molecule has 1 atom stereocenters. The standard InChI is InChI=1S/C11H13FN/c12-11-6-2-1-5-10(11)9-4-3-7-13-8-9/h1-2,5-6,9H,3-4,7-8H2/t9-/m0/s1. The summed E-state index contributed by atoms with van der Waals surface area (Å²) in [6, 6.07) is 7.04. The van der Waals surface area contributed by atoms with Crippen LogP contribution in [0.3, 0.4) is 0 Å². The normalized spacial score (nSPS) is 23.0. The lowest BCUT2D eigenvalue weighted by molar-refractivity contribution is 0.440. The molecule has 1 radical (unpaired) electrons. The SMILES string of the molecule is Fc1ccccc1[C@H]1CCC[N]C1. The monoisotopic (exact) mass is 178 g/mol. The van der Waals surface area contributed by atoms with Crippen molar-refractivity contribution in [1.29, 1.82) is 0 Å². The fourth-order valence-corrected chi connectivity index (χ4v) is 1.85. The van der Waals surface area contributed by atoms with E-state index in [1.165, 1.54) is 6.07 Å². The Morgan fingerprint density at radius 1 is 1.31 bits per heavy atom. The topological polar surface area (TPSA) is 14.1 Å². The Labute approximate surface area is 78.0 Å². The van der Waals surface area contributed by atoms with Crippen LogP contribution in [-0.2, 0) is 0 Å². The summed E-state index contributed by atoms with van der Waals surface area (Å²) in [5, 5.41) is 4.31. The summed E-state index contributed by atoms with van der Waals surface area (Å²) in [5.41, 5.74) is 0.839. The average molecular weight is 178 g/mol. The predicted molar refractivity (Wildman–Crippen MR) is 50.2 cm³/mol. The van der Waals surface area contributed by atoms with E-state index < -0.39 is 0 Å². The predicted octanol–water partition coefficient (Wildman–Crippen LogP) is 2.31. The Balaban J connectivity index is 2.18. The molecule has 0 unspecified atom stereocenters. The zero-order chi connectivity index (χ0) is 9.10. The van der Waals surface area contributed by atoms with Gasteiger partial charge >= 0.3 is 0 Å². The summed E-state index contributed by atoms with van der Waals surface area (Å²) in [6.45, 7) is 1.74. The van der Waals surface area contributed by atoms with Gasteiger partial charge in [0.15, 0.2) is 0 Å². The van der Waals surface area contributed by atoms with Gasteiger partial charge in [-0.25, -0.2) is 9.71 Å². The van der Waals surface area contributed by atoms with E-state index in [1.807, 2.05) is 12.1 Å². The maximum atomic E-state index is 13.3. The Morgan fingerprint density at radius 2 is 2.15 bits per heavy atom. The van der Waals surface area contributed by atoms with Gasteiger partial charge < -0.3 is 0 Å². The number of piperidine rings is 1. The molecular formula is C11H13FN. The number of nitrogens with zero attached hydrogens (tertiary/aromatic N) is 1. The summed E-state index contributed by atoms with van der Waals surface area (Å²) < 4.78 is 13.3. The lowest BCUT2D eigenvalue weighted by Gasteiger charge is -2.21. The van der Waals surface area contributed by atoms with E-state index in [0.29, 0.717) is 5.92 Å². The molecular weight excluding hydrogens is 165 g/mol. The highest BCUT2D eigenvalue weighted by Gasteiger charge is 2.18. The van der Waals surface area contributed by atoms with Crippen molar-refractivity contribution in [3.63, 3.8) is 0 Å². The van der Waals surface area contributed by atoms with Crippen molar-refractivity contribution < 1.29 is 4.39 Å². The molecule has 1 saturated heterocycles. The Kier molecular flexibility index (Phi) is 2.60. The zero-order valence-corrected chi connectivity index (χ0v) is 7.54. The largest absolute Gasteiger partial charge is 0.241 e. The van der Waals surface area contributed by atoms with Crippen molar-refractivity contribution in [1.82, 2.24) is 5.32 Å². The van der Waals surface area contributed by atoms with Crippen molar-refractivity contribution in [2.75, 3.05) is 13.1 Å². The Hall–Kier alpha value is -0.890. The molecule has 0 bridgehead atoms. The van der Waals surface area contributed by atoms with Crippen molar-refractivity contribution in [3.8, 4) is 0 Å². The van der Waals surface area contributed by atoms with Crippen LogP contribution in [-0.4, -0.2) is 13.1 Å². The van der Waals surface area contributed by atoms with E-state index in [0.717, 1.165) is 31.5 Å². The molecule has 1 aromatic carbocycles. The van der Waals surface area contributed by atoms with Crippen LogP contribution < -0.4 is 5.32 Å². The van der Waals surface area contributed by atoms with Gasteiger partial charge in [-0.1, -0.05) is 18.2 Å². The van der Waals surface area contributed by atoms with Crippen molar-refractivity contribution in [2.24, 2.45) is 0 Å². The maximum Gasteiger partial charge on any atom is 0.126 e. The van der Waals surface area contributed by atoms with Gasteiger partial charge in [-0.2, -0.15) is 0 Å². The van der Waals surface area contributed by atoms with Gasteiger partial charge in [0.1, 0.15) is 5.82 Å². The highest BCUT2D eigenvalue weighted by Crippen LogP contribution is 2.25. The van der Waals surface area contributed by atoms with Crippen LogP contribution in [0.4, 0.5) is 4.39 Å². The van der Waals surface area contributed by atoms with Gasteiger partial charge in [0.25, 0.3) is 0 Å². The third-order valence-electron chi connectivity index (χ3n) is 2.56. The molecule has 1 heterocycles. The molecule has 0 N–H and O–H groups in total. The van der Waals surface area contributed by atoms with Crippen LogP contribution >= 0.6 is 0 Å². The molecule has 2 rings (SSSR count). The van der Waals surface area contributed by atoms with E-state index in [4.69, 9.17) is 0 Å². The molecule has 0 aliphatic carbocycles. The third-order valence-corrected chi connectivity index (χ3v) is 2.56. The van der Waals surface area contributed by atoms with E-state index in [1.54, 1.807) is 6.07 Å². The number of rotatable bonds is 1. The first-order valence-electron chi connectivity index (χ1n) is 4.75. The zero-order valence-electron chi connectivity index (χ0n) is 7.54. The second-order valence-electron chi connectivity index (χ2n) is 3.49. The van der Waals surface area contributed by atoms with Gasteiger partial charge in [-0.3, -0.25) is 0 Å². The quantitative estimate of drug-likeness (QED) is 0.626. The van der Waals surface area contributed by atoms with Crippen LogP contribution in [0.25, 0.3) is 0 Å². The first-order chi connectivity index (χ1) is 6.38. The van der Waals surface area contributed by atoms with Crippen LogP contribution in [0.2, 0.25) is 0 Å². The van der Waals surface area contributed by atoms with Crippen molar-refractivity contribution in [3.05, 3.63) is 35.6 Å². The minimum atomic E-state index is -0.0791. The molecule has 1 aliphatic rings. The Bertz CT molecular complexity index is 279. The molecule has 0 amide bonds. The van der Waals surface area contributed by atoms with E-state index in [2.05, 4.69) is 5.32 Å². The molecule has 1 aromatic rings. The first-order valence-corrected chi connectivity index (χ1v) is 4.75. The number of halogens is 1. The summed E-state index contributed by atoms with van der Waals surface area (Å²) >= 11 is 0. The molecule has 1 fully saturated rings. The van der Waals surface area contributed by atoms with Gasteiger partial charge in [-0.05, 0) is 24.5 Å². The molecule has 2 heteroatoms. The lowest BCUT2D eigenvalue weighted by atomic mass is 9.91. The number of hydrogen-bond donors (Lipinski definition) is 0. The summed E-state index contributed by atoms with van der Waals surface area (Å²) in [7, 11) is 0. The summed E-state index contributed by atoms with van der Waals surface area (Å²) in [6.07, 6.45) is 2.17. The average Bonchev–Trinajstić information content (AvgIpc) is 2.20. The van der Waals surface area contributed by atoms with Gasteiger partial charge in [0.2, 0.25) is 0 Å². The molecule has 0 aromatic heterocycles. The van der Waals surface area contributed by atoms with Gasteiger partial charge in [0.05, 0.1) is 0 Å². The molecule has 1 nitrogen and oxygen atoms in total. The fourth-order valence-electron chi connectivity index (χ4n) is 1.85. The number of benzene rings is 1. The molecule has 69 valence electrons. The molecule has 13 heavy (non-hydrogen) atoms. The minimum Gasteiger partial charge on any atom is -0.241 e. The van der Waals surface area contributed by atoms with Crippen molar-refractivity contribution >= 4 is 0 Å². The van der Waals surface area contributed by atoms with E-state index in [9.17, 15) is 4.39 Å². The highest BCUT2D eigenvalue weighted by atomic mass is 19.1. The summed E-state index contributed by atoms with van der Waals surface area (Å²) in [5.74, 6) is 0.236. The summed E-state index contributed by atoms with van der Waals surface area (Å²) in [4.78, 5) is 0. The molecule has 1 aliphatic heterocycles.